The fourth-order valence-corrected chi connectivity index (χ4v) is 2.05. The zero-order chi connectivity index (χ0) is 13.1. The maximum absolute atomic E-state index is 13.3. The summed E-state index contributed by atoms with van der Waals surface area (Å²) in [5, 5.41) is 3.18. The third kappa shape index (κ3) is 2.67. The molecule has 0 bridgehead atoms. The molecule has 0 radical (unpaired) electrons. The van der Waals surface area contributed by atoms with Crippen LogP contribution in [0.3, 0.4) is 0 Å². The van der Waals surface area contributed by atoms with Gasteiger partial charge < -0.3 is 5.32 Å². The fourth-order valence-electron chi connectivity index (χ4n) is 1.33. The Morgan fingerprint density at radius 1 is 1.44 bits per heavy atom. The summed E-state index contributed by atoms with van der Waals surface area (Å²) in [6.45, 7) is 2.07. The summed E-state index contributed by atoms with van der Waals surface area (Å²) in [6.07, 6.45) is 2.72. The number of nitrogens with zero attached hydrogens (tertiary/aromatic N) is 2. The Labute approximate surface area is 106 Å². The smallest absolute Gasteiger partial charge is 0.254 e. The van der Waals surface area contributed by atoms with Gasteiger partial charge in [-0.3, -0.25) is 4.79 Å². The van der Waals surface area contributed by atoms with E-state index in [4.69, 9.17) is 0 Å². The second kappa shape index (κ2) is 5.18. The van der Waals surface area contributed by atoms with Gasteiger partial charge in [-0.15, -0.1) is 11.3 Å². The first-order chi connectivity index (χ1) is 8.58. The van der Waals surface area contributed by atoms with E-state index in [1.807, 2.05) is 6.92 Å². The summed E-state index contributed by atoms with van der Waals surface area (Å²) in [6, 6.07) is 1.13. The molecule has 0 fully saturated rings. The van der Waals surface area contributed by atoms with Crippen LogP contribution in [0.15, 0.2) is 18.5 Å². The van der Waals surface area contributed by atoms with Crippen LogP contribution < -0.4 is 5.32 Å². The van der Waals surface area contributed by atoms with Crippen LogP contribution in [0.1, 0.15) is 20.2 Å². The molecule has 2 rings (SSSR count). The normalized spacial score (nSPS) is 10.4. The number of thiazole rings is 1. The molecule has 0 spiro atoms. The molecule has 7 heteroatoms. The third-order valence-corrected chi connectivity index (χ3v) is 3.07. The van der Waals surface area contributed by atoms with Crippen LogP contribution in [0.2, 0.25) is 0 Å². The van der Waals surface area contributed by atoms with Crippen molar-refractivity contribution in [3.8, 4) is 0 Å². The lowest BCUT2D eigenvalue weighted by atomic mass is 10.2. The fraction of sp³-hybridized carbons (Fsp3) is 0.182. The number of halogens is 2. The maximum Gasteiger partial charge on any atom is 0.254 e. The summed E-state index contributed by atoms with van der Waals surface area (Å²) in [5.41, 5.74) is -0.365. The van der Waals surface area contributed by atoms with Gasteiger partial charge in [0.15, 0.2) is 5.82 Å². The van der Waals surface area contributed by atoms with Gasteiger partial charge in [0.05, 0.1) is 12.1 Å². The first-order valence-corrected chi connectivity index (χ1v) is 5.89. The van der Waals surface area contributed by atoms with Gasteiger partial charge in [-0.25, -0.2) is 14.4 Å². The number of nitrogens with one attached hydrogen (secondary N) is 1. The Bertz CT molecular complexity index is 585. The van der Waals surface area contributed by atoms with Gasteiger partial charge in [0.2, 0.25) is 5.95 Å². The van der Waals surface area contributed by atoms with Crippen molar-refractivity contribution in [3.63, 3.8) is 0 Å². The standard InChI is InChI=1S/C11H9F2N3OS/c1-6-4-15-8(18-6)5-16-11(17)7-2-3-14-10(13)9(7)12/h2-4H,5H2,1H3,(H,16,17). The molecule has 1 amide bonds. The van der Waals surface area contributed by atoms with E-state index in [2.05, 4.69) is 15.3 Å². The minimum Gasteiger partial charge on any atom is -0.345 e. The van der Waals surface area contributed by atoms with Crippen molar-refractivity contribution in [2.75, 3.05) is 0 Å². The number of carbonyl (C=O) groups is 1. The van der Waals surface area contributed by atoms with Crippen LogP contribution in [0, 0.1) is 18.7 Å². The van der Waals surface area contributed by atoms with E-state index < -0.39 is 17.7 Å². The molecule has 4 nitrogen and oxygen atoms in total. The van der Waals surface area contributed by atoms with E-state index in [0.29, 0.717) is 5.01 Å². The Morgan fingerprint density at radius 2 is 2.22 bits per heavy atom. The lowest BCUT2D eigenvalue weighted by Crippen LogP contribution is -2.24. The first-order valence-electron chi connectivity index (χ1n) is 5.07. The Balaban J connectivity index is 2.06. The number of carbonyl (C=O) groups excluding carboxylic acids is 1. The highest BCUT2D eigenvalue weighted by molar-refractivity contribution is 7.11. The van der Waals surface area contributed by atoms with E-state index in [9.17, 15) is 13.6 Å². The maximum atomic E-state index is 13.3. The Hall–Kier alpha value is -1.89. The van der Waals surface area contributed by atoms with Gasteiger partial charge in [0.1, 0.15) is 5.01 Å². The number of rotatable bonds is 3. The molecule has 0 saturated heterocycles. The number of hydrogen-bond acceptors (Lipinski definition) is 4. The molecule has 0 atom stereocenters. The molecule has 0 aliphatic rings. The molecule has 2 aromatic heterocycles. The van der Waals surface area contributed by atoms with Gasteiger partial charge in [-0.1, -0.05) is 0 Å². The van der Waals surface area contributed by atoms with E-state index in [0.717, 1.165) is 17.1 Å². The van der Waals surface area contributed by atoms with E-state index in [1.54, 1.807) is 6.20 Å². The van der Waals surface area contributed by atoms with Gasteiger partial charge in [0.25, 0.3) is 5.91 Å². The highest BCUT2D eigenvalue weighted by atomic mass is 32.1. The SMILES string of the molecule is Cc1cnc(CNC(=O)c2ccnc(F)c2F)s1. The zero-order valence-electron chi connectivity index (χ0n) is 9.41. The van der Waals surface area contributed by atoms with Gasteiger partial charge in [-0.2, -0.15) is 4.39 Å². The molecule has 18 heavy (non-hydrogen) atoms. The zero-order valence-corrected chi connectivity index (χ0v) is 10.2. The van der Waals surface area contributed by atoms with Crippen molar-refractivity contribution in [1.82, 2.24) is 15.3 Å². The molecule has 0 unspecified atom stereocenters. The van der Waals surface area contributed by atoms with E-state index in [1.165, 1.54) is 11.3 Å². The lowest BCUT2D eigenvalue weighted by molar-refractivity contribution is 0.0945. The predicted molar refractivity (Wildman–Crippen MR) is 62.2 cm³/mol. The largest absolute Gasteiger partial charge is 0.345 e. The van der Waals surface area contributed by atoms with Crippen LogP contribution in [-0.2, 0) is 6.54 Å². The van der Waals surface area contributed by atoms with Crippen molar-refractivity contribution in [1.29, 1.82) is 0 Å². The van der Waals surface area contributed by atoms with Gasteiger partial charge >= 0.3 is 0 Å². The molecule has 1 N–H and O–H groups in total. The summed E-state index contributed by atoms with van der Waals surface area (Å²) in [7, 11) is 0. The molecule has 0 saturated carbocycles. The summed E-state index contributed by atoms with van der Waals surface area (Å²) in [4.78, 5) is 19.8. The lowest BCUT2D eigenvalue weighted by Gasteiger charge is -2.04. The Kier molecular flexibility index (Phi) is 3.61. The quantitative estimate of drug-likeness (QED) is 0.868. The van der Waals surface area contributed by atoms with Crippen LogP contribution >= 0.6 is 11.3 Å². The summed E-state index contributed by atoms with van der Waals surface area (Å²) in [5.74, 6) is -3.22. The van der Waals surface area contributed by atoms with Crippen LogP contribution in [0.5, 0.6) is 0 Å². The molecule has 0 aliphatic heterocycles. The second-order valence-electron chi connectivity index (χ2n) is 3.51. The minimum atomic E-state index is -1.28. The number of aryl methyl sites for hydroxylation is 1. The van der Waals surface area contributed by atoms with Crippen molar-refractivity contribution >= 4 is 17.2 Å². The number of aromatic nitrogens is 2. The van der Waals surface area contributed by atoms with Crippen LogP contribution in [0.25, 0.3) is 0 Å². The van der Waals surface area contributed by atoms with Crippen molar-refractivity contribution in [2.45, 2.75) is 13.5 Å². The van der Waals surface area contributed by atoms with Gasteiger partial charge in [0, 0.05) is 17.3 Å². The number of pyridine rings is 1. The highest BCUT2D eigenvalue weighted by Crippen LogP contribution is 2.12. The van der Waals surface area contributed by atoms with E-state index in [-0.39, 0.29) is 12.1 Å². The molecular formula is C11H9F2N3OS. The molecule has 0 aromatic carbocycles. The molecule has 94 valence electrons. The molecule has 2 aromatic rings. The van der Waals surface area contributed by atoms with Crippen molar-refractivity contribution in [3.05, 3.63) is 45.7 Å². The predicted octanol–water partition coefficient (Wildman–Crippen LogP) is 2.05. The topological polar surface area (TPSA) is 54.9 Å². The van der Waals surface area contributed by atoms with Crippen molar-refractivity contribution < 1.29 is 13.6 Å². The minimum absolute atomic E-state index is 0.181. The average Bonchev–Trinajstić information content (AvgIpc) is 2.76. The second-order valence-corrected chi connectivity index (χ2v) is 4.83. The van der Waals surface area contributed by atoms with Gasteiger partial charge in [-0.05, 0) is 13.0 Å². The van der Waals surface area contributed by atoms with E-state index >= 15 is 0 Å². The van der Waals surface area contributed by atoms with Crippen LogP contribution in [0.4, 0.5) is 8.78 Å². The summed E-state index contributed by atoms with van der Waals surface area (Å²) < 4.78 is 26.1. The van der Waals surface area contributed by atoms with Crippen molar-refractivity contribution in [2.24, 2.45) is 0 Å². The first kappa shape index (κ1) is 12.6. The number of hydrogen-bond donors (Lipinski definition) is 1. The molecular weight excluding hydrogens is 260 g/mol. The highest BCUT2D eigenvalue weighted by Gasteiger charge is 2.15. The summed E-state index contributed by atoms with van der Waals surface area (Å²) >= 11 is 1.43. The third-order valence-electron chi connectivity index (χ3n) is 2.16. The van der Waals surface area contributed by atoms with Crippen LogP contribution in [-0.4, -0.2) is 15.9 Å². The molecule has 0 aliphatic carbocycles. The number of amides is 1. The average molecular weight is 269 g/mol. The molecule has 2 heterocycles. The Morgan fingerprint density at radius 3 is 2.89 bits per heavy atom. The monoisotopic (exact) mass is 269 g/mol.